The van der Waals surface area contributed by atoms with E-state index >= 15 is 0 Å². The number of nitrogens with zero attached hydrogens (tertiary/aromatic N) is 1. The lowest BCUT2D eigenvalue weighted by Crippen LogP contribution is -2.32. The Bertz CT molecular complexity index is 768. The van der Waals surface area contributed by atoms with Crippen molar-refractivity contribution in [3.05, 3.63) is 47.2 Å². The van der Waals surface area contributed by atoms with Crippen LogP contribution in [0.25, 0.3) is 11.3 Å². The summed E-state index contributed by atoms with van der Waals surface area (Å²) in [6.45, 7) is 4.49. The Labute approximate surface area is 151 Å². The number of benzene rings is 1. The molecule has 0 spiro atoms. The van der Waals surface area contributed by atoms with Crippen molar-refractivity contribution >= 4 is 29.6 Å². The van der Waals surface area contributed by atoms with Gasteiger partial charge in [-0.15, -0.1) is 0 Å². The zero-order chi connectivity index (χ0) is 18.2. The van der Waals surface area contributed by atoms with E-state index in [-0.39, 0.29) is 12.3 Å². The molecule has 2 rings (SSSR count). The number of hydrogen-bond acceptors (Lipinski definition) is 4. The van der Waals surface area contributed by atoms with Gasteiger partial charge in [-0.25, -0.2) is 5.43 Å². The molecule has 2 aromatic rings. The fourth-order valence-corrected chi connectivity index (χ4v) is 2.14. The van der Waals surface area contributed by atoms with Crippen LogP contribution in [0.5, 0.6) is 0 Å². The Morgan fingerprint density at radius 3 is 2.76 bits per heavy atom. The Hall–Kier alpha value is -2.60. The topological polar surface area (TPSA) is 83.7 Å². The third-order valence-electron chi connectivity index (χ3n) is 3.15. The first-order valence-corrected chi connectivity index (χ1v) is 8.26. The molecule has 1 heterocycles. The number of amides is 2. The molecule has 0 atom stereocenters. The molecule has 1 aromatic heterocycles. The van der Waals surface area contributed by atoms with Crippen LogP contribution in [0.2, 0.25) is 5.02 Å². The number of carbonyl (C=O) groups excluding carboxylic acids is 2. The van der Waals surface area contributed by atoms with E-state index in [9.17, 15) is 9.59 Å². The van der Waals surface area contributed by atoms with E-state index in [4.69, 9.17) is 16.0 Å². The van der Waals surface area contributed by atoms with Crippen LogP contribution in [-0.4, -0.2) is 24.6 Å². The summed E-state index contributed by atoms with van der Waals surface area (Å²) >= 11 is 5.95. The molecule has 0 saturated heterocycles. The maximum atomic E-state index is 11.6. The van der Waals surface area contributed by atoms with Gasteiger partial charge in [0, 0.05) is 17.1 Å². The highest BCUT2D eigenvalue weighted by Crippen LogP contribution is 2.24. The number of rotatable bonds is 7. The SMILES string of the molecule is CC(C)CNC(=O)CC(=O)N/N=C\c1ccc(-c2cccc(Cl)c2)o1. The van der Waals surface area contributed by atoms with Crippen molar-refractivity contribution in [3.8, 4) is 11.3 Å². The highest BCUT2D eigenvalue weighted by molar-refractivity contribution is 6.30. The molecule has 0 unspecified atom stereocenters. The molecule has 2 amide bonds. The molecule has 0 bridgehead atoms. The standard InChI is InChI=1S/C18H20ClN3O3/c1-12(2)10-20-17(23)9-18(24)22-21-11-15-6-7-16(25-15)13-4-3-5-14(19)8-13/h3-8,11-12H,9-10H2,1-2H3,(H,20,23)(H,22,24)/b21-11-. The number of carbonyl (C=O) groups is 2. The van der Waals surface area contributed by atoms with Gasteiger partial charge < -0.3 is 9.73 Å². The average molecular weight is 362 g/mol. The third kappa shape index (κ3) is 6.43. The summed E-state index contributed by atoms with van der Waals surface area (Å²) in [4.78, 5) is 23.1. The van der Waals surface area contributed by atoms with Gasteiger partial charge in [-0.1, -0.05) is 37.6 Å². The molecule has 7 heteroatoms. The van der Waals surface area contributed by atoms with Crippen LogP contribution in [0, 0.1) is 5.92 Å². The molecule has 6 nitrogen and oxygen atoms in total. The van der Waals surface area contributed by atoms with E-state index in [0.717, 1.165) is 5.56 Å². The van der Waals surface area contributed by atoms with Crippen LogP contribution in [0.15, 0.2) is 45.9 Å². The van der Waals surface area contributed by atoms with Gasteiger partial charge in [0.25, 0.3) is 0 Å². The van der Waals surface area contributed by atoms with Gasteiger partial charge in [0.2, 0.25) is 11.8 Å². The van der Waals surface area contributed by atoms with Crippen molar-refractivity contribution in [1.29, 1.82) is 0 Å². The minimum absolute atomic E-state index is 0.268. The first-order chi connectivity index (χ1) is 11.9. The summed E-state index contributed by atoms with van der Waals surface area (Å²) in [5.74, 6) is 0.627. The predicted octanol–water partition coefficient (Wildman–Crippen LogP) is 3.21. The lowest BCUT2D eigenvalue weighted by molar-refractivity contribution is -0.129. The average Bonchev–Trinajstić information content (AvgIpc) is 3.02. The first kappa shape index (κ1) is 18.7. The van der Waals surface area contributed by atoms with Crippen molar-refractivity contribution in [1.82, 2.24) is 10.7 Å². The molecule has 0 aliphatic rings. The number of furan rings is 1. The molecule has 25 heavy (non-hydrogen) atoms. The van der Waals surface area contributed by atoms with Crippen LogP contribution in [0.4, 0.5) is 0 Å². The zero-order valence-electron chi connectivity index (χ0n) is 14.1. The summed E-state index contributed by atoms with van der Waals surface area (Å²) in [7, 11) is 0. The first-order valence-electron chi connectivity index (χ1n) is 7.88. The second-order valence-corrected chi connectivity index (χ2v) is 6.32. The van der Waals surface area contributed by atoms with Crippen LogP contribution in [0.1, 0.15) is 26.0 Å². The van der Waals surface area contributed by atoms with Crippen LogP contribution < -0.4 is 10.7 Å². The highest BCUT2D eigenvalue weighted by atomic mass is 35.5. The monoisotopic (exact) mass is 361 g/mol. The molecule has 0 aliphatic heterocycles. The van der Waals surface area contributed by atoms with Gasteiger partial charge in [-0.3, -0.25) is 9.59 Å². The van der Waals surface area contributed by atoms with Crippen LogP contribution >= 0.6 is 11.6 Å². The summed E-state index contributed by atoms with van der Waals surface area (Å²) in [5.41, 5.74) is 3.14. The van der Waals surface area contributed by atoms with E-state index in [1.165, 1.54) is 6.21 Å². The van der Waals surface area contributed by atoms with E-state index < -0.39 is 5.91 Å². The maximum Gasteiger partial charge on any atom is 0.249 e. The maximum absolute atomic E-state index is 11.6. The van der Waals surface area contributed by atoms with Crippen molar-refractivity contribution in [3.63, 3.8) is 0 Å². The molecule has 0 radical (unpaired) electrons. The van der Waals surface area contributed by atoms with Gasteiger partial charge in [0.1, 0.15) is 17.9 Å². The van der Waals surface area contributed by atoms with Gasteiger partial charge in [-0.2, -0.15) is 5.10 Å². The summed E-state index contributed by atoms with van der Waals surface area (Å²) in [6.07, 6.45) is 1.11. The number of hydrogen-bond donors (Lipinski definition) is 2. The van der Waals surface area contributed by atoms with Crippen LogP contribution in [-0.2, 0) is 9.59 Å². The largest absolute Gasteiger partial charge is 0.455 e. The Balaban J connectivity index is 1.84. The molecule has 0 saturated carbocycles. The Morgan fingerprint density at radius 2 is 2.04 bits per heavy atom. The summed E-state index contributed by atoms with van der Waals surface area (Å²) in [5, 5.41) is 7.07. The smallest absolute Gasteiger partial charge is 0.249 e. The van der Waals surface area contributed by atoms with Crippen molar-refractivity contribution < 1.29 is 14.0 Å². The van der Waals surface area contributed by atoms with Gasteiger partial charge in [0.15, 0.2) is 0 Å². The van der Waals surface area contributed by atoms with E-state index in [0.29, 0.717) is 29.0 Å². The van der Waals surface area contributed by atoms with E-state index in [1.54, 1.807) is 24.3 Å². The second kappa shape index (κ2) is 9.03. The number of nitrogens with one attached hydrogen (secondary N) is 2. The summed E-state index contributed by atoms with van der Waals surface area (Å²) < 4.78 is 5.61. The van der Waals surface area contributed by atoms with Gasteiger partial charge in [-0.05, 0) is 30.2 Å². The normalized spacial score (nSPS) is 11.0. The molecular formula is C18H20ClN3O3. The lowest BCUT2D eigenvalue weighted by Gasteiger charge is -2.06. The predicted molar refractivity (Wildman–Crippen MR) is 97.4 cm³/mol. The zero-order valence-corrected chi connectivity index (χ0v) is 14.8. The minimum atomic E-state index is -0.487. The number of hydrazone groups is 1. The summed E-state index contributed by atoms with van der Waals surface area (Å²) in [6, 6.07) is 10.8. The minimum Gasteiger partial charge on any atom is -0.455 e. The fraction of sp³-hybridized carbons (Fsp3) is 0.278. The lowest BCUT2D eigenvalue weighted by atomic mass is 10.2. The van der Waals surface area contributed by atoms with Crippen LogP contribution in [0.3, 0.4) is 0 Å². The highest BCUT2D eigenvalue weighted by Gasteiger charge is 2.09. The molecule has 0 fully saturated rings. The van der Waals surface area contributed by atoms with Crippen molar-refractivity contribution in [2.45, 2.75) is 20.3 Å². The molecular weight excluding hydrogens is 342 g/mol. The Kier molecular flexibility index (Phi) is 6.77. The molecule has 0 aliphatic carbocycles. The second-order valence-electron chi connectivity index (χ2n) is 5.88. The van der Waals surface area contributed by atoms with E-state index in [1.807, 2.05) is 26.0 Å². The quantitative estimate of drug-likeness (QED) is 0.451. The van der Waals surface area contributed by atoms with E-state index in [2.05, 4.69) is 15.8 Å². The molecule has 2 N–H and O–H groups in total. The Morgan fingerprint density at radius 1 is 1.24 bits per heavy atom. The van der Waals surface area contributed by atoms with Crippen molar-refractivity contribution in [2.75, 3.05) is 6.54 Å². The van der Waals surface area contributed by atoms with Gasteiger partial charge >= 0.3 is 0 Å². The molecule has 1 aromatic carbocycles. The third-order valence-corrected chi connectivity index (χ3v) is 3.38. The van der Waals surface area contributed by atoms with Gasteiger partial charge in [0.05, 0.1) is 6.21 Å². The molecule has 132 valence electrons. The van der Waals surface area contributed by atoms with Crippen molar-refractivity contribution in [2.24, 2.45) is 11.0 Å². The fourth-order valence-electron chi connectivity index (χ4n) is 1.95. The number of halogens is 1.